The summed E-state index contributed by atoms with van der Waals surface area (Å²) in [6.45, 7) is 4.50. The van der Waals surface area contributed by atoms with Crippen LogP contribution in [0.5, 0.6) is 0 Å². The topological polar surface area (TPSA) is 28.2 Å². The molecule has 1 saturated heterocycles. The van der Waals surface area contributed by atoms with E-state index in [1.54, 1.807) is 0 Å². The molecule has 1 aromatic heterocycles. The van der Waals surface area contributed by atoms with Crippen LogP contribution in [-0.2, 0) is 13.0 Å². The quantitative estimate of drug-likeness (QED) is 0.773. The van der Waals surface area contributed by atoms with Crippen molar-refractivity contribution in [2.24, 2.45) is 0 Å². The Balaban J connectivity index is 1.73. The minimum Gasteiger partial charge on any atom is -0.317 e. The molecule has 0 radical (unpaired) electrons. The predicted octanol–water partition coefficient (Wildman–Crippen LogP) is 1.85. The second kappa shape index (κ2) is 4.92. The number of halogens is 1. The van der Waals surface area contributed by atoms with Crippen LogP contribution in [0.3, 0.4) is 0 Å². The summed E-state index contributed by atoms with van der Waals surface area (Å²) < 4.78 is 0. The van der Waals surface area contributed by atoms with Crippen LogP contribution in [0.2, 0.25) is 5.15 Å². The highest BCUT2D eigenvalue weighted by molar-refractivity contribution is 6.29. The van der Waals surface area contributed by atoms with E-state index in [1.807, 2.05) is 6.07 Å². The second-order valence-electron chi connectivity index (χ2n) is 4.94. The molecule has 17 heavy (non-hydrogen) atoms. The Labute approximate surface area is 107 Å². The molecule has 3 rings (SSSR count). The van der Waals surface area contributed by atoms with Gasteiger partial charge < -0.3 is 5.32 Å². The number of aromatic nitrogens is 1. The number of nitrogens with one attached hydrogen (secondary N) is 1. The van der Waals surface area contributed by atoms with Crippen molar-refractivity contribution in [2.45, 2.75) is 31.8 Å². The predicted molar refractivity (Wildman–Crippen MR) is 69.3 cm³/mol. The van der Waals surface area contributed by atoms with Gasteiger partial charge in [-0.05, 0) is 37.6 Å². The van der Waals surface area contributed by atoms with Crippen LogP contribution in [0, 0.1) is 0 Å². The number of hydrogen-bond acceptors (Lipinski definition) is 3. The first-order valence-electron chi connectivity index (χ1n) is 6.42. The van der Waals surface area contributed by atoms with E-state index >= 15 is 0 Å². The Morgan fingerprint density at radius 3 is 2.94 bits per heavy atom. The van der Waals surface area contributed by atoms with Gasteiger partial charge in [0.2, 0.25) is 0 Å². The van der Waals surface area contributed by atoms with Crippen molar-refractivity contribution in [1.29, 1.82) is 0 Å². The minimum absolute atomic E-state index is 0.624. The Hall–Kier alpha value is -0.640. The molecule has 1 aromatic rings. The highest BCUT2D eigenvalue weighted by Gasteiger charge is 2.25. The van der Waals surface area contributed by atoms with Crippen molar-refractivity contribution < 1.29 is 0 Å². The van der Waals surface area contributed by atoms with Gasteiger partial charge in [0.15, 0.2) is 0 Å². The first-order valence-corrected chi connectivity index (χ1v) is 6.80. The van der Waals surface area contributed by atoms with Crippen molar-refractivity contribution in [2.75, 3.05) is 19.6 Å². The summed E-state index contributed by atoms with van der Waals surface area (Å²) in [4.78, 5) is 7.03. The molecular formula is C13H18ClN3. The highest BCUT2D eigenvalue weighted by atomic mass is 35.5. The number of fused-ring (bicyclic) bond motifs is 1. The van der Waals surface area contributed by atoms with Crippen LogP contribution in [-0.4, -0.2) is 35.6 Å². The molecule has 0 saturated carbocycles. The maximum absolute atomic E-state index is 5.93. The van der Waals surface area contributed by atoms with Crippen LogP contribution < -0.4 is 5.32 Å². The van der Waals surface area contributed by atoms with Gasteiger partial charge >= 0.3 is 0 Å². The lowest BCUT2D eigenvalue weighted by Crippen LogP contribution is -2.45. The third kappa shape index (κ3) is 2.46. The van der Waals surface area contributed by atoms with Crippen LogP contribution in [0.1, 0.15) is 24.1 Å². The molecule has 0 aliphatic carbocycles. The fourth-order valence-corrected chi connectivity index (χ4v) is 3.06. The molecule has 1 fully saturated rings. The summed E-state index contributed by atoms with van der Waals surface area (Å²) in [5, 5.41) is 4.05. The Kier molecular flexibility index (Phi) is 3.32. The molecule has 0 aromatic carbocycles. The van der Waals surface area contributed by atoms with Gasteiger partial charge in [-0.25, -0.2) is 4.98 Å². The van der Waals surface area contributed by atoms with Crippen molar-refractivity contribution in [3.63, 3.8) is 0 Å². The molecule has 1 N–H and O–H groups in total. The maximum atomic E-state index is 5.93. The lowest BCUT2D eigenvalue weighted by atomic mass is 9.99. The van der Waals surface area contributed by atoms with Gasteiger partial charge in [0.05, 0.1) is 0 Å². The number of pyridine rings is 1. The van der Waals surface area contributed by atoms with E-state index in [4.69, 9.17) is 11.6 Å². The third-order valence-electron chi connectivity index (χ3n) is 3.87. The summed E-state index contributed by atoms with van der Waals surface area (Å²) in [6.07, 6.45) is 3.59. The van der Waals surface area contributed by atoms with E-state index in [1.165, 1.54) is 24.1 Å². The Morgan fingerprint density at radius 2 is 2.12 bits per heavy atom. The van der Waals surface area contributed by atoms with Gasteiger partial charge in [-0.15, -0.1) is 0 Å². The average Bonchev–Trinajstić information content (AvgIpc) is 2.39. The first kappa shape index (κ1) is 11.5. The second-order valence-corrected chi connectivity index (χ2v) is 5.33. The molecule has 0 atom stereocenters. The lowest BCUT2D eigenvalue weighted by molar-refractivity contribution is 0.146. The van der Waals surface area contributed by atoms with Gasteiger partial charge in [0.25, 0.3) is 0 Å². The molecule has 0 spiro atoms. The fourth-order valence-electron chi connectivity index (χ4n) is 2.89. The van der Waals surface area contributed by atoms with E-state index in [9.17, 15) is 0 Å². The molecule has 0 amide bonds. The summed E-state index contributed by atoms with van der Waals surface area (Å²) >= 11 is 5.93. The zero-order valence-corrected chi connectivity index (χ0v) is 10.7. The number of hydrogen-bond donors (Lipinski definition) is 1. The fraction of sp³-hybridized carbons (Fsp3) is 0.615. The number of rotatable bonds is 1. The van der Waals surface area contributed by atoms with Gasteiger partial charge in [0.1, 0.15) is 5.15 Å². The first-order chi connectivity index (χ1) is 8.33. The smallest absolute Gasteiger partial charge is 0.129 e. The molecule has 2 aliphatic rings. The van der Waals surface area contributed by atoms with Gasteiger partial charge in [-0.3, -0.25) is 4.90 Å². The van der Waals surface area contributed by atoms with Crippen molar-refractivity contribution >= 4 is 11.6 Å². The molecule has 92 valence electrons. The molecule has 3 heterocycles. The van der Waals surface area contributed by atoms with Crippen LogP contribution in [0.15, 0.2) is 12.1 Å². The third-order valence-corrected chi connectivity index (χ3v) is 4.08. The molecule has 4 heteroatoms. The molecule has 0 unspecified atom stereocenters. The summed E-state index contributed by atoms with van der Waals surface area (Å²) in [5.74, 6) is 0. The molecule has 2 aliphatic heterocycles. The molecule has 0 bridgehead atoms. The average molecular weight is 252 g/mol. The minimum atomic E-state index is 0.624. The SMILES string of the molecule is Clc1ccc2c(n1)CCN(C1CCNCC1)C2. The van der Waals surface area contributed by atoms with Crippen molar-refractivity contribution in [3.8, 4) is 0 Å². The summed E-state index contributed by atoms with van der Waals surface area (Å²) in [5.41, 5.74) is 2.56. The van der Waals surface area contributed by atoms with Crippen LogP contribution >= 0.6 is 11.6 Å². The normalized spacial score (nSPS) is 22.4. The van der Waals surface area contributed by atoms with Crippen LogP contribution in [0.4, 0.5) is 0 Å². The van der Waals surface area contributed by atoms with E-state index in [-0.39, 0.29) is 0 Å². The number of nitrogens with zero attached hydrogens (tertiary/aromatic N) is 2. The van der Waals surface area contributed by atoms with E-state index in [0.717, 1.165) is 38.6 Å². The van der Waals surface area contributed by atoms with Crippen molar-refractivity contribution in [3.05, 3.63) is 28.5 Å². The highest BCUT2D eigenvalue weighted by Crippen LogP contribution is 2.23. The van der Waals surface area contributed by atoms with Crippen LogP contribution in [0.25, 0.3) is 0 Å². The van der Waals surface area contributed by atoms with E-state index in [0.29, 0.717) is 5.15 Å². The summed E-state index contributed by atoms with van der Waals surface area (Å²) in [6, 6.07) is 4.80. The van der Waals surface area contributed by atoms with E-state index in [2.05, 4.69) is 21.3 Å². The van der Waals surface area contributed by atoms with Crippen molar-refractivity contribution in [1.82, 2.24) is 15.2 Å². The maximum Gasteiger partial charge on any atom is 0.129 e. The largest absolute Gasteiger partial charge is 0.317 e. The Bertz CT molecular complexity index is 402. The lowest BCUT2D eigenvalue weighted by Gasteiger charge is -2.37. The molecule has 3 nitrogen and oxygen atoms in total. The number of piperidine rings is 1. The standard InChI is InChI=1S/C13H18ClN3/c14-13-2-1-10-9-17(8-5-12(10)16-13)11-3-6-15-7-4-11/h1-2,11,15H,3-9H2. The van der Waals surface area contributed by atoms with Gasteiger partial charge in [-0.1, -0.05) is 17.7 Å². The summed E-state index contributed by atoms with van der Waals surface area (Å²) in [7, 11) is 0. The van der Waals surface area contributed by atoms with Gasteiger partial charge in [-0.2, -0.15) is 0 Å². The Morgan fingerprint density at radius 1 is 1.29 bits per heavy atom. The zero-order chi connectivity index (χ0) is 11.7. The molecular weight excluding hydrogens is 234 g/mol. The van der Waals surface area contributed by atoms with Gasteiger partial charge in [0, 0.05) is 31.2 Å². The zero-order valence-electron chi connectivity index (χ0n) is 9.95. The van der Waals surface area contributed by atoms with E-state index < -0.39 is 0 Å². The monoisotopic (exact) mass is 251 g/mol.